The van der Waals surface area contributed by atoms with Crippen LogP contribution in [0, 0.1) is 5.82 Å². The molecule has 0 atom stereocenters. The summed E-state index contributed by atoms with van der Waals surface area (Å²) < 4.78 is 31.1. The number of ether oxygens (including phenoxy) is 1. The van der Waals surface area contributed by atoms with Crippen molar-refractivity contribution in [3.8, 4) is 0 Å². The number of rotatable bonds is 3. The first-order chi connectivity index (χ1) is 14.4. The number of anilines is 1. The molecule has 0 bridgehead atoms. The highest BCUT2D eigenvalue weighted by Gasteiger charge is 2.46. The van der Waals surface area contributed by atoms with Crippen LogP contribution in [0.25, 0.3) is 0 Å². The second-order valence-electron chi connectivity index (χ2n) is 8.60. The lowest BCUT2D eigenvalue weighted by Crippen LogP contribution is -2.52. The van der Waals surface area contributed by atoms with Crippen molar-refractivity contribution in [3.05, 3.63) is 29.6 Å². The molecular weight excluding hydrogens is 392 g/mol. The summed E-state index contributed by atoms with van der Waals surface area (Å²) in [7, 11) is 0. The molecule has 2 saturated heterocycles. The second kappa shape index (κ2) is 8.49. The Kier molecular flexibility index (Phi) is 5.95. The van der Waals surface area contributed by atoms with E-state index in [9.17, 15) is 18.4 Å². The van der Waals surface area contributed by atoms with E-state index in [-0.39, 0.29) is 23.7 Å². The number of likely N-dealkylation sites (tertiary alicyclic amines) is 2. The van der Waals surface area contributed by atoms with Crippen LogP contribution in [0.2, 0.25) is 0 Å². The highest BCUT2D eigenvalue weighted by Crippen LogP contribution is 2.47. The summed E-state index contributed by atoms with van der Waals surface area (Å²) in [5.74, 6) is -0.262. The van der Waals surface area contributed by atoms with Gasteiger partial charge in [0.2, 0.25) is 5.91 Å². The fourth-order valence-corrected chi connectivity index (χ4v) is 5.30. The maximum absolute atomic E-state index is 14.0. The van der Waals surface area contributed by atoms with Crippen molar-refractivity contribution in [2.75, 3.05) is 50.9 Å². The number of carbonyl (C=O) groups is 2. The predicted molar refractivity (Wildman–Crippen MR) is 109 cm³/mol. The van der Waals surface area contributed by atoms with Gasteiger partial charge in [0.15, 0.2) is 0 Å². The van der Waals surface area contributed by atoms with E-state index in [4.69, 9.17) is 4.74 Å². The Morgan fingerprint density at radius 3 is 2.50 bits per heavy atom. The summed E-state index contributed by atoms with van der Waals surface area (Å²) in [5.41, 5.74) is 1.62. The van der Waals surface area contributed by atoms with Crippen LogP contribution in [0.5, 0.6) is 0 Å². The number of hydrogen-bond acceptors (Lipinski definition) is 4. The van der Waals surface area contributed by atoms with Crippen LogP contribution >= 0.6 is 0 Å². The molecule has 0 radical (unpaired) electrons. The summed E-state index contributed by atoms with van der Waals surface area (Å²) in [5, 5.41) is 0. The van der Waals surface area contributed by atoms with Crippen LogP contribution in [0.1, 0.15) is 38.2 Å². The Balaban J connectivity index is 1.38. The summed E-state index contributed by atoms with van der Waals surface area (Å²) >= 11 is 0. The lowest BCUT2D eigenvalue weighted by atomic mass is 9.74. The zero-order chi connectivity index (χ0) is 21.3. The minimum Gasteiger partial charge on any atom is -0.447 e. The first kappa shape index (κ1) is 21.0. The van der Waals surface area contributed by atoms with E-state index in [1.807, 2.05) is 0 Å². The van der Waals surface area contributed by atoms with Gasteiger partial charge in [0.05, 0.1) is 0 Å². The van der Waals surface area contributed by atoms with Crippen molar-refractivity contribution in [1.29, 1.82) is 0 Å². The van der Waals surface area contributed by atoms with Gasteiger partial charge in [-0.05, 0) is 62.5 Å². The van der Waals surface area contributed by atoms with Crippen LogP contribution in [0.15, 0.2) is 18.2 Å². The normalized spacial score (nSPS) is 21.7. The van der Waals surface area contributed by atoms with Crippen LogP contribution in [0.4, 0.5) is 19.3 Å². The Labute approximate surface area is 175 Å². The molecule has 0 aromatic heterocycles. The average molecular weight is 421 g/mol. The zero-order valence-electron chi connectivity index (χ0n) is 17.4. The Morgan fingerprint density at radius 1 is 1.17 bits per heavy atom. The number of piperidine rings is 2. The second-order valence-corrected chi connectivity index (χ2v) is 8.60. The number of halogens is 2. The maximum atomic E-state index is 14.0. The first-order valence-electron chi connectivity index (χ1n) is 10.7. The van der Waals surface area contributed by atoms with Crippen LogP contribution in [-0.2, 0) is 14.9 Å². The topological polar surface area (TPSA) is 53.1 Å². The van der Waals surface area contributed by atoms with Gasteiger partial charge in [-0.25, -0.2) is 13.6 Å². The summed E-state index contributed by atoms with van der Waals surface area (Å²) in [6.45, 7) is 4.34. The van der Waals surface area contributed by atoms with Crippen molar-refractivity contribution >= 4 is 17.7 Å². The van der Waals surface area contributed by atoms with E-state index in [1.165, 1.54) is 6.07 Å². The van der Waals surface area contributed by atoms with Crippen molar-refractivity contribution in [3.63, 3.8) is 0 Å². The largest absolute Gasteiger partial charge is 0.447 e. The summed E-state index contributed by atoms with van der Waals surface area (Å²) in [6.07, 6.45) is 3.06. The van der Waals surface area contributed by atoms with Gasteiger partial charge in [0.25, 0.3) is 0 Å². The number of hydrogen-bond donors (Lipinski definition) is 0. The van der Waals surface area contributed by atoms with Gasteiger partial charge in [-0.3, -0.25) is 4.79 Å². The molecule has 0 aliphatic carbocycles. The number of alkyl halides is 1. The highest BCUT2D eigenvalue weighted by atomic mass is 19.1. The maximum Gasteiger partial charge on any atom is 0.409 e. The summed E-state index contributed by atoms with van der Waals surface area (Å²) in [6, 6.07) is 5.15. The average Bonchev–Trinajstić information content (AvgIpc) is 3.06. The van der Waals surface area contributed by atoms with Crippen molar-refractivity contribution in [2.45, 2.75) is 44.1 Å². The number of fused-ring (bicyclic) bond motifs is 2. The minimum absolute atomic E-state index is 0.00539. The van der Waals surface area contributed by atoms with E-state index in [0.717, 1.165) is 50.0 Å². The molecule has 30 heavy (non-hydrogen) atoms. The molecule has 3 aliphatic rings. The molecular formula is C22H29F2N3O3. The molecule has 1 spiro atoms. The highest BCUT2D eigenvalue weighted by molar-refractivity contribution is 5.94. The van der Waals surface area contributed by atoms with Crippen molar-refractivity contribution in [1.82, 2.24) is 9.80 Å². The molecule has 0 N–H and O–H groups in total. The van der Waals surface area contributed by atoms with Gasteiger partial charge >= 0.3 is 6.09 Å². The van der Waals surface area contributed by atoms with Gasteiger partial charge in [0, 0.05) is 43.7 Å². The standard InChI is InChI=1S/C22H29F2N3O3/c1-16(28)27-15-22(19-14-17(24)2-3-20(19)27)6-11-25(12-7-22)18-4-9-26(10-5-18)21(29)30-13-8-23/h2-3,14,18H,4-13,15H2,1H3. The van der Waals surface area contributed by atoms with E-state index >= 15 is 0 Å². The molecule has 4 rings (SSSR count). The van der Waals surface area contributed by atoms with Crippen molar-refractivity contribution < 1.29 is 23.1 Å². The number of amides is 2. The molecule has 3 heterocycles. The molecule has 3 aliphatic heterocycles. The number of benzene rings is 1. The fraction of sp³-hybridized carbons (Fsp3) is 0.636. The lowest BCUT2D eigenvalue weighted by molar-refractivity contribution is -0.116. The molecule has 1 aromatic rings. The Morgan fingerprint density at radius 2 is 1.87 bits per heavy atom. The molecule has 2 amide bonds. The number of carbonyl (C=O) groups excluding carboxylic acids is 2. The van der Waals surface area contributed by atoms with Crippen molar-refractivity contribution in [2.24, 2.45) is 0 Å². The van der Waals surface area contributed by atoms with Gasteiger partial charge in [-0.2, -0.15) is 0 Å². The SMILES string of the molecule is CC(=O)N1CC2(CCN(C3CCN(C(=O)OCCF)CC3)CC2)c2cc(F)ccc21. The zero-order valence-corrected chi connectivity index (χ0v) is 17.4. The third-order valence-corrected chi connectivity index (χ3v) is 6.96. The quantitative estimate of drug-likeness (QED) is 0.753. The van der Waals surface area contributed by atoms with Gasteiger partial charge < -0.3 is 19.4 Å². The van der Waals surface area contributed by atoms with E-state index in [0.29, 0.717) is 25.7 Å². The minimum atomic E-state index is -0.661. The Bertz CT molecular complexity index is 803. The molecule has 0 saturated carbocycles. The van der Waals surface area contributed by atoms with E-state index in [2.05, 4.69) is 4.90 Å². The van der Waals surface area contributed by atoms with Gasteiger partial charge in [-0.15, -0.1) is 0 Å². The van der Waals surface area contributed by atoms with Crippen LogP contribution in [0.3, 0.4) is 0 Å². The predicted octanol–water partition coefficient (Wildman–Crippen LogP) is 3.10. The monoisotopic (exact) mass is 421 g/mol. The number of nitrogens with zero attached hydrogens (tertiary/aromatic N) is 3. The third-order valence-electron chi connectivity index (χ3n) is 6.96. The molecule has 164 valence electrons. The van der Waals surface area contributed by atoms with Crippen LogP contribution in [-0.4, -0.2) is 73.8 Å². The van der Waals surface area contributed by atoms with E-state index < -0.39 is 12.8 Å². The molecule has 0 unspecified atom stereocenters. The molecule has 6 nitrogen and oxygen atoms in total. The lowest BCUT2D eigenvalue weighted by Gasteiger charge is -2.45. The molecule has 8 heteroatoms. The third kappa shape index (κ3) is 3.89. The summed E-state index contributed by atoms with van der Waals surface area (Å²) in [4.78, 5) is 29.9. The van der Waals surface area contributed by atoms with E-state index in [1.54, 1.807) is 28.9 Å². The van der Waals surface area contributed by atoms with Crippen LogP contribution < -0.4 is 4.90 Å². The fourth-order valence-electron chi connectivity index (χ4n) is 5.30. The smallest absolute Gasteiger partial charge is 0.409 e. The molecule has 2 fully saturated rings. The van der Waals surface area contributed by atoms with Gasteiger partial charge in [0.1, 0.15) is 19.1 Å². The molecule has 1 aromatic carbocycles. The van der Waals surface area contributed by atoms with Gasteiger partial charge in [-0.1, -0.05) is 0 Å². The Hall–Kier alpha value is -2.22. The first-order valence-corrected chi connectivity index (χ1v) is 10.7.